The van der Waals surface area contributed by atoms with Crippen LogP contribution in [0.15, 0.2) is 70.6 Å². The Morgan fingerprint density at radius 1 is 0.979 bits per heavy atom. The molecule has 1 saturated heterocycles. The maximum absolute atomic E-state index is 13.4. The van der Waals surface area contributed by atoms with Gasteiger partial charge in [0.1, 0.15) is 13.7 Å². The van der Waals surface area contributed by atoms with Crippen molar-refractivity contribution in [2.75, 3.05) is 40.3 Å². The lowest BCUT2D eigenvalue weighted by atomic mass is 9.89. The van der Waals surface area contributed by atoms with E-state index in [2.05, 4.69) is 10.1 Å². The fourth-order valence-electron chi connectivity index (χ4n) is 6.37. The molecule has 254 valence electrons. The number of carbonyl (C=O) groups excluding carboxylic acids is 1. The second-order valence-corrected chi connectivity index (χ2v) is 13.5. The molecular formula is C34H35Cl4N5O5. The first-order valence-corrected chi connectivity index (χ1v) is 16.9. The number of nitrogens with zero attached hydrogens (tertiary/aromatic N) is 5. The van der Waals surface area contributed by atoms with Gasteiger partial charge in [-0.15, -0.1) is 0 Å². The Balaban J connectivity index is 1.33. The summed E-state index contributed by atoms with van der Waals surface area (Å²) < 4.78 is 3.07. The zero-order valence-corrected chi connectivity index (χ0v) is 29.4. The van der Waals surface area contributed by atoms with Gasteiger partial charge in [-0.25, -0.2) is 4.79 Å². The number of piperidine rings is 1. The Hall–Kier alpha value is -3.54. The van der Waals surface area contributed by atoms with Gasteiger partial charge in [0.05, 0.1) is 33.3 Å². The molecule has 14 heteroatoms. The number of hydrogen-bond donors (Lipinski definition) is 1. The Morgan fingerprint density at radius 2 is 1.65 bits per heavy atom. The fraction of sp³-hybridized carbons (Fsp3) is 0.353. The number of para-hydroxylation sites is 2. The summed E-state index contributed by atoms with van der Waals surface area (Å²) in [5.74, 6) is -1.61. The lowest BCUT2D eigenvalue weighted by Crippen LogP contribution is -2.40. The summed E-state index contributed by atoms with van der Waals surface area (Å²) in [6, 6.07) is 17.4. The lowest BCUT2D eigenvalue weighted by molar-refractivity contribution is -0.137. The van der Waals surface area contributed by atoms with Crippen molar-refractivity contribution in [1.29, 1.82) is 0 Å². The summed E-state index contributed by atoms with van der Waals surface area (Å²) in [6.45, 7) is 1.92. The van der Waals surface area contributed by atoms with E-state index >= 15 is 0 Å². The monoisotopic (exact) mass is 733 g/mol. The van der Waals surface area contributed by atoms with Crippen LogP contribution in [0.5, 0.6) is 0 Å². The Bertz CT molecular complexity index is 1880. The third-order valence-electron chi connectivity index (χ3n) is 8.63. The van der Waals surface area contributed by atoms with E-state index in [1.807, 2.05) is 24.3 Å². The number of fused-ring (bicyclic) bond motifs is 1. The van der Waals surface area contributed by atoms with Gasteiger partial charge in [-0.05, 0) is 73.8 Å². The van der Waals surface area contributed by atoms with Gasteiger partial charge in [0, 0.05) is 47.7 Å². The molecule has 1 aromatic heterocycles. The molecule has 0 saturated carbocycles. The minimum absolute atomic E-state index is 0.0650. The van der Waals surface area contributed by atoms with Crippen molar-refractivity contribution in [3.05, 3.63) is 102 Å². The Labute approximate surface area is 298 Å². The summed E-state index contributed by atoms with van der Waals surface area (Å²) in [5, 5.41) is 15.3. The van der Waals surface area contributed by atoms with Crippen molar-refractivity contribution in [3.63, 3.8) is 0 Å². The number of oxime groups is 1. The standard InChI is InChI=1S/C34H35Cl4N5O5/c1-40(33(46)22-15-23(35)18-24(36)16-22)19-29(39-48-2)26(21-7-8-27(37)28(38)17-21)11-14-41-12-9-25(10-13-41)43-31-6-4-3-5-30(31)42(34(43)47)20-32(44)45/h3-8,15-18,25-26H,9-14,19-20H2,1-2H3,(H,44,45)/b39-29+/t26-/m1/s1. The molecule has 5 rings (SSSR count). The smallest absolute Gasteiger partial charge is 0.329 e. The van der Waals surface area contributed by atoms with Crippen LogP contribution in [0.2, 0.25) is 20.1 Å². The largest absolute Gasteiger partial charge is 0.480 e. The molecule has 1 aliphatic rings. The predicted molar refractivity (Wildman–Crippen MR) is 190 cm³/mol. The number of amides is 1. The first-order valence-electron chi connectivity index (χ1n) is 15.4. The molecule has 0 spiro atoms. The van der Waals surface area contributed by atoms with Crippen molar-refractivity contribution >= 4 is 75.0 Å². The molecule has 0 radical (unpaired) electrons. The second-order valence-electron chi connectivity index (χ2n) is 11.8. The van der Waals surface area contributed by atoms with E-state index < -0.39 is 5.97 Å². The minimum atomic E-state index is -1.06. The maximum Gasteiger partial charge on any atom is 0.329 e. The Morgan fingerprint density at radius 3 is 2.27 bits per heavy atom. The van der Waals surface area contributed by atoms with Crippen molar-refractivity contribution in [3.8, 4) is 0 Å². The predicted octanol–water partition coefficient (Wildman–Crippen LogP) is 7.09. The molecule has 1 N–H and O–H groups in total. The fourth-order valence-corrected chi connectivity index (χ4v) is 7.21. The molecule has 2 heterocycles. The number of likely N-dealkylation sites (tertiary alicyclic amines) is 1. The number of carbonyl (C=O) groups is 2. The summed E-state index contributed by atoms with van der Waals surface area (Å²) >= 11 is 25.0. The van der Waals surface area contributed by atoms with Crippen LogP contribution in [0.3, 0.4) is 0 Å². The number of rotatable bonds is 12. The zero-order valence-electron chi connectivity index (χ0n) is 26.4. The van der Waals surface area contributed by atoms with E-state index in [1.165, 1.54) is 16.6 Å². The van der Waals surface area contributed by atoms with E-state index in [-0.39, 0.29) is 36.6 Å². The topological polar surface area (TPSA) is 109 Å². The molecule has 1 fully saturated rings. The molecule has 48 heavy (non-hydrogen) atoms. The zero-order chi connectivity index (χ0) is 34.5. The molecule has 1 atom stereocenters. The van der Waals surface area contributed by atoms with E-state index in [0.717, 1.165) is 37.0 Å². The van der Waals surface area contributed by atoms with Crippen LogP contribution < -0.4 is 5.69 Å². The number of aliphatic carboxylic acids is 1. The molecule has 4 aromatic rings. The van der Waals surface area contributed by atoms with E-state index in [9.17, 15) is 19.5 Å². The SMILES string of the molecule is CO/N=C(\CN(C)C(=O)c1cc(Cl)cc(Cl)c1)[C@H](CCN1CCC(n2c(=O)n(CC(=O)O)c3ccccc32)CC1)c1ccc(Cl)c(Cl)c1. The summed E-state index contributed by atoms with van der Waals surface area (Å²) in [7, 11) is 3.14. The number of benzene rings is 3. The maximum atomic E-state index is 13.4. The van der Waals surface area contributed by atoms with Crippen LogP contribution >= 0.6 is 46.4 Å². The first-order chi connectivity index (χ1) is 23.0. The molecule has 0 aliphatic carbocycles. The van der Waals surface area contributed by atoms with Crippen molar-refractivity contribution in [1.82, 2.24) is 18.9 Å². The number of imidazole rings is 1. The second kappa shape index (κ2) is 15.8. The van der Waals surface area contributed by atoms with Gasteiger partial charge in [0.15, 0.2) is 0 Å². The minimum Gasteiger partial charge on any atom is -0.480 e. The van der Waals surface area contributed by atoms with Gasteiger partial charge in [-0.2, -0.15) is 0 Å². The van der Waals surface area contributed by atoms with Crippen LogP contribution in [0, 0.1) is 0 Å². The van der Waals surface area contributed by atoms with E-state index in [0.29, 0.717) is 49.8 Å². The van der Waals surface area contributed by atoms with Gasteiger partial charge in [0.2, 0.25) is 0 Å². The van der Waals surface area contributed by atoms with Crippen LogP contribution in [-0.2, 0) is 16.2 Å². The van der Waals surface area contributed by atoms with Crippen LogP contribution in [-0.4, -0.2) is 82.0 Å². The quantitative estimate of drug-likeness (QED) is 0.123. The average Bonchev–Trinajstić information content (AvgIpc) is 3.32. The number of aromatic nitrogens is 2. The number of hydrogen-bond acceptors (Lipinski definition) is 6. The molecule has 1 amide bonds. The molecule has 0 bridgehead atoms. The highest BCUT2D eigenvalue weighted by Gasteiger charge is 2.28. The summed E-state index contributed by atoms with van der Waals surface area (Å²) in [5.41, 5.74) is 2.89. The average molecular weight is 735 g/mol. The number of carboxylic acid groups (broad SMARTS) is 1. The van der Waals surface area contributed by atoms with Gasteiger partial charge >= 0.3 is 11.7 Å². The first kappa shape index (κ1) is 35.8. The van der Waals surface area contributed by atoms with Gasteiger partial charge < -0.3 is 19.7 Å². The summed E-state index contributed by atoms with van der Waals surface area (Å²) in [4.78, 5) is 47.4. The highest BCUT2D eigenvalue weighted by Crippen LogP contribution is 2.32. The molecule has 10 nitrogen and oxygen atoms in total. The third kappa shape index (κ3) is 8.18. The molecule has 1 aliphatic heterocycles. The van der Waals surface area contributed by atoms with Gasteiger partial charge in [-0.1, -0.05) is 69.8 Å². The molecular weight excluding hydrogens is 700 g/mol. The van der Waals surface area contributed by atoms with Crippen LogP contribution in [0.25, 0.3) is 11.0 Å². The van der Waals surface area contributed by atoms with E-state index in [1.54, 1.807) is 48.0 Å². The Kier molecular flexibility index (Phi) is 11.8. The normalized spacial score (nSPS) is 15.1. The molecule has 0 unspecified atom stereocenters. The number of halogens is 4. The summed E-state index contributed by atoms with van der Waals surface area (Å²) in [6.07, 6.45) is 2.07. The van der Waals surface area contributed by atoms with Crippen molar-refractivity contribution < 1.29 is 19.5 Å². The van der Waals surface area contributed by atoms with Crippen molar-refractivity contribution in [2.45, 2.75) is 37.8 Å². The van der Waals surface area contributed by atoms with Crippen LogP contribution in [0.4, 0.5) is 0 Å². The van der Waals surface area contributed by atoms with Gasteiger partial charge in [0.25, 0.3) is 5.91 Å². The third-order valence-corrected chi connectivity index (χ3v) is 9.81. The number of carboxylic acids is 1. The lowest BCUT2D eigenvalue weighted by Gasteiger charge is -2.34. The highest BCUT2D eigenvalue weighted by atomic mass is 35.5. The van der Waals surface area contributed by atoms with Crippen LogP contribution in [0.1, 0.15) is 47.1 Å². The van der Waals surface area contributed by atoms with E-state index in [4.69, 9.17) is 51.2 Å². The van der Waals surface area contributed by atoms with Crippen molar-refractivity contribution in [2.24, 2.45) is 5.16 Å². The molecule has 3 aromatic carbocycles. The van der Waals surface area contributed by atoms with Gasteiger partial charge in [-0.3, -0.25) is 18.7 Å². The highest BCUT2D eigenvalue weighted by molar-refractivity contribution is 6.42.